The molecule has 0 atom stereocenters. The molecule has 21 heavy (non-hydrogen) atoms. The minimum absolute atomic E-state index is 0.0914. The number of nitrogens with one attached hydrogen (secondary N) is 1. The Morgan fingerprint density at radius 1 is 1.43 bits per heavy atom. The maximum absolute atomic E-state index is 11.0. The fourth-order valence-electron chi connectivity index (χ4n) is 2.97. The van der Waals surface area contributed by atoms with Gasteiger partial charge in [-0.15, -0.1) is 0 Å². The summed E-state index contributed by atoms with van der Waals surface area (Å²) in [4.78, 5) is 12.7. The topological polar surface area (TPSA) is 82.2 Å². The van der Waals surface area contributed by atoms with Gasteiger partial charge in [0.2, 0.25) is 0 Å². The monoisotopic (exact) mass is 288 g/mol. The summed E-state index contributed by atoms with van der Waals surface area (Å²) in [5.74, 6) is 0. The smallest absolute Gasteiger partial charge is 0.289 e. The zero-order valence-electron chi connectivity index (χ0n) is 12.4. The van der Waals surface area contributed by atoms with Crippen molar-refractivity contribution in [1.82, 2.24) is 4.90 Å². The largest absolute Gasteiger partial charge is 0.383 e. The first-order chi connectivity index (χ1) is 9.98. The van der Waals surface area contributed by atoms with Crippen molar-refractivity contribution >= 4 is 11.4 Å². The molecule has 1 aliphatic rings. The van der Waals surface area contributed by atoms with Crippen LogP contribution < -0.4 is 5.32 Å². The van der Waals surface area contributed by atoms with Crippen LogP contribution in [0.4, 0.5) is 11.4 Å². The van der Waals surface area contributed by atoms with E-state index in [-0.39, 0.29) is 16.8 Å². The minimum Gasteiger partial charge on any atom is -0.383 e. The molecule has 0 unspecified atom stereocenters. The van der Waals surface area contributed by atoms with Gasteiger partial charge in [-0.05, 0) is 39.1 Å². The van der Waals surface area contributed by atoms with E-state index >= 15 is 0 Å². The summed E-state index contributed by atoms with van der Waals surface area (Å²) < 4.78 is 0. The zero-order chi connectivity index (χ0) is 15.5. The Labute approximate surface area is 124 Å². The van der Waals surface area contributed by atoms with Gasteiger partial charge in [0, 0.05) is 23.8 Å². The first-order valence-electron chi connectivity index (χ1n) is 7.08. The van der Waals surface area contributed by atoms with Crippen LogP contribution in [0.2, 0.25) is 0 Å². The number of rotatable bonds is 5. The Hall–Kier alpha value is -2.13. The van der Waals surface area contributed by atoms with Gasteiger partial charge in [0.15, 0.2) is 0 Å². The number of nitrogens with zero attached hydrogens (tertiary/aromatic N) is 3. The summed E-state index contributed by atoms with van der Waals surface area (Å²) in [5.41, 5.74) is 0.748. The van der Waals surface area contributed by atoms with Crippen molar-refractivity contribution in [2.45, 2.75) is 31.2 Å². The van der Waals surface area contributed by atoms with Crippen LogP contribution >= 0.6 is 0 Å². The van der Waals surface area contributed by atoms with Gasteiger partial charge in [0.25, 0.3) is 5.69 Å². The number of benzene rings is 1. The molecular weight excluding hydrogens is 268 g/mol. The quantitative estimate of drug-likeness (QED) is 0.665. The lowest BCUT2D eigenvalue weighted by molar-refractivity contribution is -0.385. The third kappa shape index (κ3) is 3.14. The second-order valence-corrected chi connectivity index (χ2v) is 5.78. The fraction of sp³-hybridized carbons (Fsp3) is 0.533. The molecule has 0 radical (unpaired) electrons. The standard InChI is InChI=1S/C15H20N4O2/c1-18(2)15(7-3-4-8-15)11-17-13-6-5-12(10-16)14(9-13)19(20)21/h5-6,9,17H,3-4,7-8,11H2,1-2H3. The number of nitro groups is 1. The van der Waals surface area contributed by atoms with E-state index in [1.807, 2.05) is 6.07 Å². The molecule has 6 heteroatoms. The Balaban J connectivity index is 2.15. The van der Waals surface area contributed by atoms with Gasteiger partial charge in [0.1, 0.15) is 11.6 Å². The van der Waals surface area contributed by atoms with E-state index in [4.69, 9.17) is 5.26 Å². The third-order valence-corrected chi connectivity index (χ3v) is 4.42. The van der Waals surface area contributed by atoms with Crippen molar-refractivity contribution in [3.63, 3.8) is 0 Å². The van der Waals surface area contributed by atoms with E-state index in [1.165, 1.54) is 25.0 Å². The van der Waals surface area contributed by atoms with Gasteiger partial charge in [-0.1, -0.05) is 12.8 Å². The second kappa shape index (κ2) is 6.10. The Kier molecular flexibility index (Phi) is 4.43. The van der Waals surface area contributed by atoms with Crippen LogP contribution in [0, 0.1) is 21.4 Å². The molecule has 1 N–H and O–H groups in total. The molecule has 0 heterocycles. The number of anilines is 1. The van der Waals surface area contributed by atoms with Crippen molar-refractivity contribution in [1.29, 1.82) is 5.26 Å². The molecule has 0 aromatic heterocycles. The molecule has 0 saturated heterocycles. The van der Waals surface area contributed by atoms with Crippen LogP contribution in [0.1, 0.15) is 31.2 Å². The number of nitro benzene ring substituents is 1. The molecular formula is C15H20N4O2. The van der Waals surface area contributed by atoms with Crippen molar-refractivity contribution in [3.05, 3.63) is 33.9 Å². The number of hydrogen-bond acceptors (Lipinski definition) is 5. The van der Waals surface area contributed by atoms with Crippen LogP contribution in [0.3, 0.4) is 0 Å². The van der Waals surface area contributed by atoms with E-state index in [1.54, 1.807) is 6.07 Å². The van der Waals surface area contributed by atoms with Gasteiger partial charge in [-0.3, -0.25) is 10.1 Å². The lowest BCUT2D eigenvalue weighted by Gasteiger charge is -2.36. The molecule has 1 aliphatic carbocycles. The Morgan fingerprint density at radius 2 is 2.10 bits per heavy atom. The highest BCUT2D eigenvalue weighted by molar-refractivity contribution is 5.59. The predicted molar refractivity (Wildman–Crippen MR) is 81.2 cm³/mol. The van der Waals surface area contributed by atoms with Gasteiger partial charge >= 0.3 is 0 Å². The van der Waals surface area contributed by atoms with Gasteiger partial charge < -0.3 is 10.2 Å². The first kappa shape index (κ1) is 15.3. The highest BCUT2D eigenvalue weighted by atomic mass is 16.6. The maximum atomic E-state index is 11.0. The summed E-state index contributed by atoms with van der Waals surface area (Å²) in [7, 11) is 4.16. The molecule has 1 aromatic carbocycles. The van der Waals surface area contributed by atoms with Crippen molar-refractivity contribution < 1.29 is 4.92 Å². The SMILES string of the molecule is CN(C)C1(CNc2ccc(C#N)c([N+](=O)[O-])c2)CCCC1. The molecule has 0 spiro atoms. The van der Waals surface area contributed by atoms with Crippen molar-refractivity contribution in [2.75, 3.05) is 26.0 Å². The lowest BCUT2D eigenvalue weighted by atomic mass is 9.96. The molecule has 6 nitrogen and oxygen atoms in total. The molecule has 0 bridgehead atoms. The summed E-state index contributed by atoms with van der Waals surface area (Å²) in [6, 6.07) is 6.51. The van der Waals surface area contributed by atoms with Crippen LogP contribution in [-0.4, -0.2) is 36.0 Å². The highest BCUT2D eigenvalue weighted by Crippen LogP contribution is 2.34. The number of likely N-dealkylation sites (N-methyl/N-ethyl adjacent to an activating group) is 1. The number of hydrogen-bond donors (Lipinski definition) is 1. The average molecular weight is 288 g/mol. The van der Waals surface area contributed by atoms with E-state index in [9.17, 15) is 10.1 Å². The molecule has 1 saturated carbocycles. The van der Waals surface area contributed by atoms with Crippen LogP contribution in [0.15, 0.2) is 18.2 Å². The molecule has 112 valence electrons. The second-order valence-electron chi connectivity index (χ2n) is 5.78. The third-order valence-electron chi connectivity index (χ3n) is 4.42. The maximum Gasteiger partial charge on any atom is 0.289 e. The molecule has 2 rings (SSSR count). The summed E-state index contributed by atoms with van der Waals surface area (Å²) >= 11 is 0. The highest BCUT2D eigenvalue weighted by Gasteiger charge is 2.35. The van der Waals surface area contributed by atoms with Crippen LogP contribution in [0.25, 0.3) is 0 Å². The van der Waals surface area contributed by atoms with E-state index < -0.39 is 4.92 Å². The van der Waals surface area contributed by atoms with Crippen LogP contribution in [-0.2, 0) is 0 Å². The first-order valence-corrected chi connectivity index (χ1v) is 7.08. The number of nitriles is 1. The fourth-order valence-corrected chi connectivity index (χ4v) is 2.97. The van der Waals surface area contributed by atoms with Gasteiger partial charge in [0.05, 0.1) is 4.92 Å². The zero-order valence-corrected chi connectivity index (χ0v) is 12.4. The normalized spacial score (nSPS) is 16.7. The van der Waals surface area contributed by atoms with Crippen molar-refractivity contribution in [3.8, 4) is 6.07 Å². The average Bonchev–Trinajstić information content (AvgIpc) is 2.95. The van der Waals surface area contributed by atoms with Gasteiger partial charge in [-0.2, -0.15) is 5.26 Å². The van der Waals surface area contributed by atoms with E-state index in [2.05, 4.69) is 24.3 Å². The lowest BCUT2D eigenvalue weighted by Crippen LogP contribution is -2.47. The summed E-state index contributed by atoms with van der Waals surface area (Å²) in [6.45, 7) is 0.753. The van der Waals surface area contributed by atoms with E-state index in [0.29, 0.717) is 5.69 Å². The minimum atomic E-state index is -0.513. The van der Waals surface area contributed by atoms with Crippen LogP contribution in [0.5, 0.6) is 0 Å². The molecule has 1 fully saturated rings. The Morgan fingerprint density at radius 3 is 2.62 bits per heavy atom. The molecule has 0 aliphatic heterocycles. The summed E-state index contributed by atoms with van der Waals surface area (Å²) in [5, 5.41) is 23.2. The predicted octanol–water partition coefficient (Wildman–Crippen LogP) is 2.75. The molecule has 1 aromatic rings. The Bertz CT molecular complexity index is 572. The van der Waals surface area contributed by atoms with Gasteiger partial charge in [-0.25, -0.2) is 0 Å². The van der Waals surface area contributed by atoms with E-state index in [0.717, 1.165) is 19.4 Å². The van der Waals surface area contributed by atoms with Crippen molar-refractivity contribution in [2.24, 2.45) is 0 Å². The molecule has 0 amide bonds. The summed E-state index contributed by atoms with van der Waals surface area (Å²) in [6.07, 6.45) is 4.69.